The first-order chi connectivity index (χ1) is 11.7. The van der Waals surface area contributed by atoms with Gasteiger partial charge in [-0.05, 0) is 38.9 Å². The molecule has 0 amide bonds. The van der Waals surface area contributed by atoms with Crippen molar-refractivity contribution >= 4 is 11.6 Å². The van der Waals surface area contributed by atoms with Gasteiger partial charge in [0.15, 0.2) is 5.96 Å². The van der Waals surface area contributed by atoms with Gasteiger partial charge in [-0.15, -0.1) is 0 Å². The standard InChI is InChI=1S/C19H32N4O/c1-23(17-10-4-3-5-11-17)14-8-13-21-19(20)22-18-12-7-6-9-16(18)15-24-2/h6-7,9,12,17H,3-5,8,10-11,13-15H2,1-2H3,(H3,20,21,22). The first kappa shape index (κ1) is 18.7. The topological polar surface area (TPSA) is 62.9 Å². The van der Waals surface area contributed by atoms with Crippen LogP contribution in [0.1, 0.15) is 44.1 Å². The molecule has 1 aromatic carbocycles. The summed E-state index contributed by atoms with van der Waals surface area (Å²) in [7, 11) is 3.93. The SMILES string of the molecule is COCc1ccccc1NC(N)=NCCCN(C)C1CCCCC1. The molecule has 0 aromatic heterocycles. The molecule has 0 radical (unpaired) electrons. The Balaban J connectivity index is 1.73. The molecule has 1 aliphatic rings. The van der Waals surface area contributed by atoms with E-state index in [-0.39, 0.29) is 0 Å². The second kappa shape index (κ2) is 10.3. The molecule has 5 heteroatoms. The van der Waals surface area contributed by atoms with Crippen molar-refractivity contribution in [3.8, 4) is 0 Å². The molecule has 134 valence electrons. The van der Waals surface area contributed by atoms with Crippen molar-refractivity contribution < 1.29 is 4.74 Å². The van der Waals surface area contributed by atoms with Crippen LogP contribution in [0.2, 0.25) is 0 Å². The number of benzene rings is 1. The highest BCUT2D eigenvalue weighted by Gasteiger charge is 2.17. The average Bonchev–Trinajstić information content (AvgIpc) is 2.61. The minimum Gasteiger partial charge on any atom is -0.380 e. The molecule has 0 unspecified atom stereocenters. The number of ether oxygens (including phenoxy) is 1. The van der Waals surface area contributed by atoms with Gasteiger partial charge in [0.25, 0.3) is 0 Å². The average molecular weight is 332 g/mol. The predicted octanol–water partition coefficient (Wildman–Crippen LogP) is 3.21. The summed E-state index contributed by atoms with van der Waals surface area (Å²) in [5.74, 6) is 0.471. The lowest BCUT2D eigenvalue weighted by Crippen LogP contribution is -2.34. The molecule has 0 bridgehead atoms. The fourth-order valence-corrected chi connectivity index (χ4v) is 3.33. The zero-order valence-corrected chi connectivity index (χ0v) is 15.1. The quantitative estimate of drug-likeness (QED) is 0.436. The van der Waals surface area contributed by atoms with E-state index in [0.29, 0.717) is 12.6 Å². The van der Waals surface area contributed by atoms with Crippen molar-refractivity contribution in [3.05, 3.63) is 29.8 Å². The van der Waals surface area contributed by atoms with Crippen molar-refractivity contribution in [2.75, 3.05) is 32.6 Å². The fourth-order valence-electron chi connectivity index (χ4n) is 3.33. The number of anilines is 1. The molecule has 0 atom stereocenters. The van der Waals surface area contributed by atoms with Gasteiger partial charge in [-0.3, -0.25) is 4.99 Å². The molecule has 5 nitrogen and oxygen atoms in total. The lowest BCUT2D eigenvalue weighted by Gasteiger charge is -2.31. The van der Waals surface area contributed by atoms with Crippen molar-refractivity contribution in [1.82, 2.24) is 4.90 Å². The molecule has 1 fully saturated rings. The van der Waals surface area contributed by atoms with E-state index in [1.54, 1.807) is 7.11 Å². The summed E-state index contributed by atoms with van der Waals surface area (Å²) in [6, 6.07) is 8.76. The van der Waals surface area contributed by atoms with Gasteiger partial charge in [-0.2, -0.15) is 0 Å². The fraction of sp³-hybridized carbons (Fsp3) is 0.632. The summed E-state index contributed by atoms with van der Waals surface area (Å²) in [6.45, 7) is 2.40. The van der Waals surface area contributed by atoms with Crippen molar-refractivity contribution in [2.24, 2.45) is 10.7 Å². The number of aliphatic imine (C=N–C) groups is 1. The number of guanidine groups is 1. The second-order valence-electron chi connectivity index (χ2n) is 6.61. The van der Waals surface area contributed by atoms with E-state index in [0.717, 1.165) is 36.8 Å². The summed E-state index contributed by atoms with van der Waals surface area (Å²) < 4.78 is 5.21. The van der Waals surface area contributed by atoms with Gasteiger partial charge >= 0.3 is 0 Å². The first-order valence-electron chi connectivity index (χ1n) is 9.04. The van der Waals surface area contributed by atoms with Crippen LogP contribution >= 0.6 is 0 Å². The van der Waals surface area contributed by atoms with Crippen molar-refractivity contribution in [2.45, 2.75) is 51.2 Å². The van der Waals surface area contributed by atoms with E-state index < -0.39 is 0 Å². The Bertz CT molecular complexity index is 512. The third kappa shape index (κ3) is 6.13. The van der Waals surface area contributed by atoms with Crippen LogP contribution in [-0.2, 0) is 11.3 Å². The highest BCUT2D eigenvalue weighted by Crippen LogP contribution is 2.21. The molecular weight excluding hydrogens is 300 g/mol. The lowest BCUT2D eigenvalue weighted by molar-refractivity contribution is 0.185. The van der Waals surface area contributed by atoms with Gasteiger partial charge < -0.3 is 20.7 Å². The highest BCUT2D eigenvalue weighted by molar-refractivity contribution is 5.92. The van der Waals surface area contributed by atoms with Gasteiger partial charge in [0.2, 0.25) is 0 Å². The second-order valence-corrected chi connectivity index (χ2v) is 6.61. The maximum atomic E-state index is 6.01. The Labute approximate surface area is 146 Å². The summed E-state index contributed by atoms with van der Waals surface area (Å²) >= 11 is 0. The zero-order valence-electron chi connectivity index (χ0n) is 15.1. The Hall–Kier alpha value is -1.59. The van der Waals surface area contributed by atoms with E-state index >= 15 is 0 Å². The number of nitrogens with one attached hydrogen (secondary N) is 1. The Morgan fingerprint density at radius 1 is 1.29 bits per heavy atom. The van der Waals surface area contributed by atoms with Crippen LogP contribution in [0.5, 0.6) is 0 Å². The minimum atomic E-state index is 0.471. The maximum Gasteiger partial charge on any atom is 0.193 e. The third-order valence-corrected chi connectivity index (χ3v) is 4.73. The van der Waals surface area contributed by atoms with Crippen molar-refractivity contribution in [1.29, 1.82) is 0 Å². The summed E-state index contributed by atoms with van der Waals surface area (Å²) in [5, 5.41) is 3.18. The highest BCUT2D eigenvalue weighted by atomic mass is 16.5. The summed E-state index contributed by atoms with van der Waals surface area (Å²) in [4.78, 5) is 6.95. The number of hydrogen-bond acceptors (Lipinski definition) is 3. The number of rotatable bonds is 8. The van der Waals surface area contributed by atoms with E-state index in [2.05, 4.69) is 22.3 Å². The largest absolute Gasteiger partial charge is 0.380 e. The van der Waals surface area contributed by atoms with Gasteiger partial charge in [-0.1, -0.05) is 37.5 Å². The number of nitrogens with two attached hydrogens (primary N) is 1. The number of nitrogens with zero attached hydrogens (tertiary/aromatic N) is 2. The molecule has 24 heavy (non-hydrogen) atoms. The van der Waals surface area contributed by atoms with Crippen LogP contribution in [0.25, 0.3) is 0 Å². The monoisotopic (exact) mass is 332 g/mol. The van der Waals surface area contributed by atoms with Crippen molar-refractivity contribution in [3.63, 3.8) is 0 Å². The van der Waals surface area contributed by atoms with Crippen LogP contribution in [0, 0.1) is 0 Å². The molecule has 1 saturated carbocycles. The van der Waals surface area contributed by atoms with E-state index in [1.165, 1.54) is 32.1 Å². The number of hydrogen-bond donors (Lipinski definition) is 2. The van der Waals surface area contributed by atoms with Crippen LogP contribution in [-0.4, -0.2) is 44.1 Å². The maximum absolute atomic E-state index is 6.01. The normalized spacial score (nSPS) is 16.5. The van der Waals surface area contributed by atoms with Crippen LogP contribution in [0.15, 0.2) is 29.3 Å². The number of methoxy groups -OCH3 is 1. The summed E-state index contributed by atoms with van der Waals surface area (Å²) in [6.07, 6.45) is 7.89. The molecule has 0 saturated heterocycles. The van der Waals surface area contributed by atoms with Gasteiger partial charge in [0, 0.05) is 30.9 Å². The zero-order chi connectivity index (χ0) is 17.2. The molecule has 2 rings (SSSR count). The van der Waals surface area contributed by atoms with Crippen LogP contribution < -0.4 is 11.1 Å². The van der Waals surface area contributed by atoms with E-state index in [1.807, 2.05) is 24.3 Å². The minimum absolute atomic E-state index is 0.471. The van der Waals surface area contributed by atoms with Gasteiger partial charge in [0.05, 0.1) is 6.61 Å². The van der Waals surface area contributed by atoms with Gasteiger partial charge in [0.1, 0.15) is 0 Å². The third-order valence-electron chi connectivity index (χ3n) is 4.73. The summed E-state index contributed by atoms with van der Waals surface area (Å²) in [5.41, 5.74) is 8.05. The first-order valence-corrected chi connectivity index (χ1v) is 9.04. The van der Waals surface area contributed by atoms with Gasteiger partial charge in [-0.25, -0.2) is 0 Å². The molecule has 0 aliphatic heterocycles. The molecule has 1 aliphatic carbocycles. The van der Waals surface area contributed by atoms with Crippen LogP contribution in [0.3, 0.4) is 0 Å². The Morgan fingerprint density at radius 2 is 2.04 bits per heavy atom. The molecule has 1 aromatic rings. The molecule has 0 spiro atoms. The Kier molecular flexibility index (Phi) is 8.05. The predicted molar refractivity (Wildman–Crippen MR) is 101 cm³/mol. The Morgan fingerprint density at radius 3 is 2.79 bits per heavy atom. The lowest BCUT2D eigenvalue weighted by atomic mass is 9.94. The van der Waals surface area contributed by atoms with E-state index in [9.17, 15) is 0 Å². The van der Waals surface area contributed by atoms with Crippen LogP contribution in [0.4, 0.5) is 5.69 Å². The smallest absolute Gasteiger partial charge is 0.193 e. The molecule has 3 N–H and O–H groups in total. The molecule has 0 heterocycles. The van der Waals surface area contributed by atoms with E-state index in [4.69, 9.17) is 10.5 Å². The number of para-hydroxylation sites is 1. The molecular formula is C19H32N4O.